The van der Waals surface area contributed by atoms with Crippen molar-refractivity contribution in [3.05, 3.63) is 0 Å². The summed E-state index contributed by atoms with van der Waals surface area (Å²) in [6.45, 7) is 0. The van der Waals surface area contributed by atoms with Crippen molar-refractivity contribution in [3.63, 3.8) is 0 Å². The standard InChI is InChI=1S/C5H10.Al.Ca.H3O3P.H2O.2H/c1-3-5-4-2;;;1-4(2)3;;;/h1-5H2;;;4H,(H2,1,2,3);1H2;;/q;;+2;;;2*-1. The van der Waals surface area contributed by atoms with E-state index in [1.807, 2.05) is 0 Å². The average Bonchev–Trinajstić information content (AvgIpc) is 1.90. The van der Waals surface area contributed by atoms with Gasteiger partial charge in [-0.05, 0) is 0 Å². The summed E-state index contributed by atoms with van der Waals surface area (Å²) in [4.78, 5) is 14.3. The van der Waals surface area contributed by atoms with Crippen LogP contribution in [0.15, 0.2) is 0 Å². The van der Waals surface area contributed by atoms with Gasteiger partial charge in [-0.1, -0.05) is 19.3 Å². The third-order valence-electron chi connectivity index (χ3n) is 1.32. The quantitative estimate of drug-likeness (QED) is 0.464. The predicted molar refractivity (Wildman–Crippen MR) is 54.2 cm³/mol. The molecule has 1 saturated heterocycles. The summed E-state index contributed by atoms with van der Waals surface area (Å²) in [6.07, 6.45) is 4.59. The van der Waals surface area contributed by atoms with Crippen molar-refractivity contribution in [3.8, 4) is 0 Å². The van der Waals surface area contributed by atoms with Gasteiger partial charge in [-0.25, -0.2) is 0 Å². The molecule has 1 rings (SSSR count). The summed E-state index contributed by atoms with van der Waals surface area (Å²) in [5.41, 5.74) is 0. The third-order valence-corrected chi connectivity index (χ3v) is 2.95. The molecule has 0 aromatic carbocycles. The fourth-order valence-corrected chi connectivity index (χ4v) is 2.34. The molecular weight excluding hydrogens is 222 g/mol. The van der Waals surface area contributed by atoms with Crippen LogP contribution in [0.3, 0.4) is 0 Å². The van der Waals surface area contributed by atoms with E-state index in [0.717, 1.165) is 15.2 Å². The number of rotatable bonds is 0. The van der Waals surface area contributed by atoms with E-state index < -0.39 is 8.25 Å². The molecule has 1 heterocycles. The van der Waals surface area contributed by atoms with Crippen molar-refractivity contribution >= 4 is 61.2 Å². The topological polar surface area (TPSA) is 89.0 Å². The molecule has 1 aliphatic rings. The van der Waals surface area contributed by atoms with Crippen molar-refractivity contribution in [1.82, 2.24) is 0 Å². The Kier molecular flexibility index (Phi) is 25.0. The molecule has 1 radical (unpaired) electrons. The van der Waals surface area contributed by atoms with Crippen molar-refractivity contribution in [1.29, 1.82) is 0 Å². The van der Waals surface area contributed by atoms with Gasteiger partial charge in [0.1, 0.15) is 0 Å². The van der Waals surface area contributed by atoms with Crippen LogP contribution in [-0.4, -0.2) is 68.2 Å². The SMILES string of the molecule is C1C[CH2][Al][CH2]C1.O.O=[PH](O)O.[Ca+2].[H-].[H-]. The minimum atomic E-state index is -3.13. The molecule has 7 heteroatoms. The molecule has 0 aromatic heterocycles. The summed E-state index contributed by atoms with van der Waals surface area (Å²) >= 11 is 0.905. The molecule has 4 nitrogen and oxygen atoms in total. The first-order valence-electron chi connectivity index (χ1n) is 3.47. The summed E-state index contributed by atoms with van der Waals surface area (Å²) in [5, 5.41) is 3.17. The van der Waals surface area contributed by atoms with E-state index in [1.165, 1.54) is 19.3 Å². The van der Waals surface area contributed by atoms with Gasteiger partial charge >= 0.3 is 46.0 Å². The van der Waals surface area contributed by atoms with Gasteiger partial charge in [0, 0.05) is 0 Å². The van der Waals surface area contributed by atoms with Crippen LogP contribution in [0.1, 0.15) is 22.1 Å². The predicted octanol–water partition coefficient (Wildman–Crippen LogP) is 0.0913. The molecule has 0 amide bonds. The summed E-state index contributed by atoms with van der Waals surface area (Å²) < 4.78 is 8.74. The van der Waals surface area contributed by atoms with Gasteiger partial charge in [0.05, 0.1) is 0 Å². The average molecular weight is 239 g/mol. The van der Waals surface area contributed by atoms with Gasteiger partial charge in [-0.15, -0.1) is 10.6 Å². The van der Waals surface area contributed by atoms with Gasteiger partial charge in [0.25, 0.3) is 0 Å². The second-order valence-electron chi connectivity index (χ2n) is 2.21. The Bertz CT molecular complexity index is 94.2. The van der Waals surface area contributed by atoms with Crippen LogP contribution in [-0.2, 0) is 4.57 Å². The first-order chi connectivity index (χ1) is 4.73. The van der Waals surface area contributed by atoms with Crippen molar-refractivity contribution in [2.75, 3.05) is 0 Å². The van der Waals surface area contributed by atoms with E-state index in [-0.39, 0.29) is 46.1 Å². The van der Waals surface area contributed by atoms with Crippen LogP contribution in [0.25, 0.3) is 0 Å². The molecule has 0 spiro atoms. The number of hydrogen-bond acceptors (Lipinski definition) is 1. The minimum absolute atomic E-state index is 0. The van der Waals surface area contributed by atoms with Crippen LogP contribution in [0.4, 0.5) is 0 Å². The van der Waals surface area contributed by atoms with Crippen LogP contribution in [0.2, 0.25) is 10.6 Å². The second-order valence-corrected chi connectivity index (χ2v) is 4.51. The first kappa shape index (κ1) is 19.5. The molecule has 4 N–H and O–H groups in total. The molecule has 1 aliphatic heterocycles. The molecule has 0 aliphatic carbocycles. The van der Waals surface area contributed by atoms with Gasteiger partial charge in [0.15, 0.2) is 15.2 Å². The summed E-state index contributed by atoms with van der Waals surface area (Å²) in [6, 6.07) is 0. The van der Waals surface area contributed by atoms with Crippen molar-refractivity contribution in [2.24, 2.45) is 0 Å². The molecular formula is C5H17AlCaO4P. The maximum Gasteiger partial charge on any atom is 2.00 e. The smallest absolute Gasteiger partial charge is 1.00 e. The number of hydrogen-bond donors (Lipinski definition) is 2. The van der Waals surface area contributed by atoms with Crippen LogP contribution in [0.5, 0.6) is 0 Å². The Balaban J connectivity index is -0.0000000315. The van der Waals surface area contributed by atoms with E-state index in [9.17, 15) is 0 Å². The molecule has 0 atom stereocenters. The zero-order valence-electron chi connectivity index (χ0n) is 9.12. The normalized spacial score (nSPS) is 14.2. The fourth-order valence-electron chi connectivity index (χ4n) is 0.898. The van der Waals surface area contributed by atoms with E-state index in [2.05, 4.69) is 0 Å². The van der Waals surface area contributed by atoms with Crippen LogP contribution in [0, 0.1) is 0 Å². The zero-order chi connectivity index (χ0) is 7.82. The maximum atomic E-state index is 8.74. The van der Waals surface area contributed by atoms with Crippen LogP contribution >= 0.6 is 8.25 Å². The van der Waals surface area contributed by atoms with E-state index in [1.54, 1.807) is 10.6 Å². The van der Waals surface area contributed by atoms with Gasteiger partial charge < -0.3 is 18.1 Å². The molecule has 71 valence electrons. The van der Waals surface area contributed by atoms with Gasteiger partial charge in [-0.3, -0.25) is 4.57 Å². The van der Waals surface area contributed by atoms with Crippen LogP contribution < -0.4 is 0 Å². The van der Waals surface area contributed by atoms with Gasteiger partial charge in [-0.2, -0.15) is 0 Å². The minimum Gasteiger partial charge on any atom is -1.00 e. The summed E-state index contributed by atoms with van der Waals surface area (Å²) in [5.74, 6) is 0. The summed E-state index contributed by atoms with van der Waals surface area (Å²) in [7, 11) is -3.13. The molecule has 12 heavy (non-hydrogen) atoms. The third kappa shape index (κ3) is 22.7. The fraction of sp³-hybridized carbons (Fsp3) is 1.00. The largest absolute Gasteiger partial charge is 2.00 e. The Hall–Kier alpha value is 1.90. The van der Waals surface area contributed by atoms with E-state index in [4.69, 9.17) is 14.4 Å². The molecule has 0 aromatic rings. The Labute approximate surface area is 113 Å². The monoisotopic (exact) mass is 239 g/mol. The first-order valence-corrected chi connectivity index (χ1v) is 6.40. The Morgan fingerprint density at radius 1 is 1.17 bits per heavy atom. The molecule has 0 unspecified atom stereocenters. The van der Waals surface area contributed by atoms with E-state index in [0.29, 0.717) is 0 Å². The van der Waals surface area contributed by atoms with Gasteiger partial charge in [0.2, 0.25) is 0 Å². The molecule has 0 saturated carbocycles. The van der Waals surface area contributed by atoms with Crippen molar-refractivity contribution < 1.29 is 22.7 Å². The maximum absolute atomic E-state index is 8.74. The second kappa shape index (κ2) is 15.4. The molecule has 1 fully saturated rings. The van der Waals surface area contributed by atoms with E-state index >= 15 is 0 Å². The molecule has 0 bridgehead atoms. The van der Waals surface area contributed by atoms with Crippen molar-refractivity contribution in [2.45, 2.75) is 29.8 Å². The Morgan fingerprint density at radius 2 is 1.50 bits per heavy atom. The Morgan fingerprint density at radius 3 is 1.58 bits per heavy atom. The zero-order valence-corrected chi connectivity index (χ0v) is 11.5.